The van der Waals surface area contributed by atoms with E-state index < -0.39 is 10.0 Å². The molecule has 1 fully saturated rings. The maximum Gasteiger partial charge on any atom is 0.328 e. The Morgan fingerprint density at radius 2 is 1.61 bits per heavy atom. The normalized spacial score (nSPS) is 15.2. The number of aryl methyl sites for hydroxylation is 2. The van der Waals surface area contributed by atoms with Crippen LogP contribution in [0.2, 0.25) is 0 Å². The van der Waals surface area contributed by atoms with Gasteiger partial charge in [-0.3, -0.25) is 13.9 Å². The van der Waals surface area contributed by atoms with E-state index in [1.54, 1.807) is 45.3 Å². The van der Waals surface area contributed by atoms with Crippen molar-refractivity contribution in [2.45, 2.75) is 24.8 Å². The standard InChI is InChI=1S/C23H28N4O5S/c1-3-32-18-8-10-19(11-9-18)33(30,31)26-16-14-25(15-17-26)22(28)12-13-27-21-7-5-4-6-20(21)24(2)23(27)29/h4-11H,3,12-17H2,1-2H3. The van der Waals surface area contributed by atoms with E-state index in [2.05, 4.69) is 0 Å². The van der Waals surface area contributed by atoms with E-state index in [1.165, 1.54) is 4.31 Å². The molecule has 0 radical (unpaired) electrons. The summed E-state index contributed by atoms with van der Waals surface area (Å²) in [5.74, 6) is 0.533. The second-order valence-electron chi connectivity index (χ2n) is 7.92. The van der Waals surface area contributed by atoms with Crippen LogP contribution in [0, 0.1) is 0 Å². The highest BCUT2D eigenvalue weighted by molar-refractivity contribution is 7.89. The number of hydrogen-bond donors (Lipinski definition) is 0. The number of nitrogens with zero attached hydrogens (tertiary/aromatic N) is 4. The number of rotatable bonds is 7. The fourth-order valence-electron chi connectivity index (χ4n) is 4.15. The van der Waals surface area contributed by atoms with Crippen molar-refractivity contribution in [3.63, 3.8) is 0 Å². The Labute approximate surface area is 192 Å². The largest absolute Gasteiger partial charge is 0.494 e. The summed E-state index contributed by atoms with van der Waals surface area (Å²) in [4.78, 5) is 27.2. The van der Waals surface area contributed by atoms with Gasteiger partial charge in [-0.1, -0.05) is 12.1 Å². The highest BCUT2D eigenvalue weighted by atomic mass is 32.2. The minimum absolute atomic E-state index is 0.0899. The second-order valence-corrected chi connectivity index (χ2v) is 9.86. The third kappa shape index (κ3) is 4.53. The lowest BCUT2D eigenvalue weighted by Crippen LogP contribution is -2.50. The highest BCUT2D eigenvalue weighted by Gasteiger charge is 2.30. The molecular formula is C23H28N4O5S. The molecule has 1 aliphatic rings. The van der Waals surface area contributed by atoms with E-state index in [-0.39, 0.29) is 42.5 Å². The number of benzene rings is 2. The van der Waals surface area contributed by atoms with Crippen LogP contribution in [0.3, 0.4) is 0 Å². The molecule has 2 heterocycles. The summed E-state index contributed by atoms with van der Waals surface area (Å²) < 4.78 is 35.9. The smallest absolute Gasteiger partial charge is 0.328 e. The zero-order valence-corrected chi connectivity index (χ0v) is 19.6. The number of ether oxygens (including phenoxy) is 1. The van der Waals surface area contributed by atoms with Crippen LogP contribution in [-0.2, 0) is 28.4 Å². The first-order valence-corrected chi connectivity index (χ1v) is 12.4. The topological polar surface area (TPSA) is 93.9 Å². The Bertz CT molecular complexity index is 1300. The Kier molecular flexibility index (Phi) is 6.57. The second kappa shape index (κ2) is 9.40. The average Bonchev–Trinajstić information content (AvgIpc) is 3.08. The molecule has 176 valence electrons. The van der Waals surface area contributed by atoms with Crippen molar-refractivity contribution in [3.8, 4) is 5.75 Å². The van der Waals surface area contributed by atoms with E-state index in [9.17, 15) is 18.0 Å². The van der Waals surface area contributed by atoms with Gasteiger partial charge in [0.15, 0.2) is 0 Å². The van der Waals surface area contributed by atoms with Gasteiger partial charge in [0.25, 0.3) is 0 Å². The van der Waals surface area contributed by atoms with Gasteiger partial charge in [0.2, 0.25) is 15.9 Å². The van der Waals surface area contributed by atoms with Crippen LogP contribution in [0.1, 0.15) is 13.3 Å². The van der Waals surface area contributed by atoms with E-state index in [1.807, 2.05) is 31.2 Å². The molecular weight excluding hydrogens is 444 g/mol. The molecule has 1 aromatic heterocycles. The fourth-order valence-corrected chi connectivity index (χ4v) is 5.57. The Hall–Kier alpha value is -3.11. The Morgan fingerprint density at radius 3 is 2.24 bits per heavy atom. The first-order valence-electron chi connectivity index (χ1n) is 11.0. The van der Waals surface area contributed by atoms with Crippen LogP contribution < -0.4 is 10.4 Å². The molecule has 1 amide bonds. The van der Waals surface area contributed by atoms with Crippen molar-refractivity contribution >= 4 is 27.0 Å². The number of carbonyl (C=O) groups excluding carboxylic acids is 1. The number of fused-ring (bicyclic) bond motifs is 1. The summed E-state index contributed by atoms with van der Waals surface area (Å²) in [5.41, 5.74) is 1.46. The molecule has 2 aromatic carbocycles. The fraction of sp³-hybridized carbons (Fsp3) is 0.391. The van der Waals surface area contributed by atoms with E-state index in [0.717, 1.165) is 11.0 Å². The molecule has 0 N–H and O–H groups in total. The van der Waals surface area contributed by atoms with Gasteiger partial charge in [0, 0.05) is 46.2 Å². The quantitative estimate of drug-likeness (QED) is 0.521. The first kappa shape index (κ1) is 23.1. The molecule has 0 bridgehead atoms. The predicted octanol–water partition coefficient (Wildman–Crippen LogP) is 1.66. The third-order valence-electron chi connectivity index (χ3n) is 5.96. The lowest BCUT2D eigenvalue weighted by Gasteiger charge is -2.34. The summed E-state index contributed by atoms with van der Waals surface area (Å²) in [6.45, 7) is 3.76. The van der Waals surface area contributed by atoms with E-state index in [0.29, 0.717) is 25.4 Å². The molecule has 4 rings (SSSR count). The number of hydrogen-bond acceptors (Lipinski definition) is 5. The summed E-state index contributed by atoms with van der Waals surface area (Å²) in [6.07, 6.45) is 0.180. The van der Waals surface area contributed by atoms with Gasteiger partial charge in [-0.05, 0) is 43.3 Å². The molecule has 33 heavy (non-hydrogen) atoms. The van der Waals surface area contributed by atoms with Crippen molar-refractivity contribution in [2.24, 2.45) is 7.05 Å². The lowest BCUT2D eigenvalue weighted by molar-refractivity contribution is -0.132. The summed E-state index contributed by atoms with van der Waals surface area (Å²) in [6, 6.07) is 13.9. The summed E-state index contributed by atoms with van der Waals surface area (Å²) in [5, 5.41) is 0. The number of carbonyl (C=O) groups is 1. The van der Waals surface area contributed by atoms with Crippen LogP contribution in [0.5, 0.6) is 5.75 Å². The van der Waals surface area contributed by atoms with Crippen LogP contribution in [0.25, 0.3) is 11.0 Å². The van der Waals surface area contributed by atoms with Gasteiger partial charge in [0.1, 0.15) is 5.75 Å². The molecule has 1 saturated heterocycles. The maximum absolute atomic E-state index is 12.9. The van der Waals surface area contributed by atoms with Gasteiger partial charge < -0.3 is 9.64 Å². The predicted molar refractivity (Wildman–Crippen MR) is 125 cm³/mol. The number of amides is 1. The van der Waals surface area contributed by atoms with Crippen molar-refractivity contribution in [1.82, 2.24) is 18.3 Å². The van der Waals surface area contributed by atoms with Crippen LogP contribution in [-0.4, -0.2) is 65.5 Å². The van der Waals surface area contributed by atoms with Gasteiger partial charge in [-0.2, -0.15) is 4.31 Å². The molecule has 0 spiro atoms. The Balaban J connectivity index is 1.36. The monoisotopic (exact) mass is 472 g/mol. The van der Waals surface area contributed by atoms with Crippen molar-refractivity contribution in [3.05, 3.63) is 59.0 Å². The zero-order valence-electron chi connectivity index (χ0n) is 18.8. The third-order valence-corrected chi connectivity index (χ3v) is 7.88. The molecule has 0 atom stereocenters. The van der Waals surface area contributed by atoms with Gasteiger partial charge >= 0.3 is 5.69 Å². The number of piperazine rings is 1. The molecule has 0 saturated carbocycles. The van der Waals surface area contributed by atoms with Crippen LogP contribution >= 0.6 is 0 Å². The summed E-state index contributed by atoms with van der Waals surface area (Å²) in [7, 11) is -1.92. The van der Waals surface area contributed by atoms with E-state index in [4.69, 9.17) is 4.74 Å². The lowest BCUT2D eigenvalue weighted by atomic mass is 10.3. The first-order chi connectivity index (χ1) is 15.8. The molecule has 0 aliphatic carbocycles. The molecule has 0 unspecified atom stereocenters. The molecule has 3 aromatic rings. The van der Waals surface area contributed by atoms with Gasteiger partial charge in [-0.15, -0.1) is 0 Å². The minimum Gasteiger partial charge on any atom is -0.494 e. The summed E-state index contributed by atoms with van der Waals surface area (Å²) >= 11 is 0. The molecule has 9 nitrogen and oxygen atoms in total. The average molecular weight is 473 g/mol. The zero-order chi connectivity index (χ0) is 23.6. The molecule has 1 aliphatic heterocycles. The number of aromatic nitrogens is 2. The maximum atomic E-state index is 12.9. The van der Waals surface area contributed by atoms with Crippen molar-refractivity contribution in [1.29, 1.82) is 0 Å². The molecule has 10 heteroatoms. The van der Waals surface area contributed by atoms with Crippen LogP contribution in [0.4, 0.5) is 0 Å². The van der Waals surface area contributed by atoms with Crippen molar-refractivity contribution in [2.75, 3.05) is 32.8 Å². The van der Waals surface area contributed by atoms with Crippen molar-refractivity contribution < 1.29 is 17.9 Å². The highest BCUT2D eigenvalue weighted by Crippen LogP contribution is 2.21. The van der Waals surface area contributed by atoms with E-state index >= 15 is 0 Å². The number of sulfonamides is 1. The number of imidazole rings is 1. The minimum atomic E-state index is -3.63. The SMILES string of the molecule is CCOc1ccc(S(=O)(=O)N2CCN(C(=O)CCn3c(=O)n(C)c4ccccc43)CC2)cc1. The van der Waals surface area contributed by atoms with Crippen LogP contribution in [0.15, 0.2) is 58.2 Å². The van der Waals surface area contributed by atoms with Gasteiger partial charge in [-0.25, -0.2) is 13.2 Å². The number of para-hydroxylation sites is 2. The van der Waals surface area contributed by atoms with Gasteiger partial charge in [0.05, 0.1) is 22.5 Å². The Morgan fingerprint density at radius 1 is 0.970 bits per heavy atom.